The SMILES string of the molecule is COCOc1c(C#N)cccc1-c1ccc2ncc(-c3cc(F)cc(F)c3)c(N3CC[C@@H](N)[C@H](OC)C3)c2c1. The molecule has 39 heavy (non-hydrogen) atoms. The Balaban J connectivity index is 1.75. The molecule has 200 valence electrons. The molecule has 2 atom stereocenters. The summed E-state index contributed by atoms with van der Waals surface area (Å²) >= 11 is 0. The lowest BCUT2D eigenvalue weighted by molar-refractivity contribution is 0.0513. The van der Waals surface area contributed by atoms with E-state index in [0.29, 0.717) is 53.0 Å². The minimum atomic E-state index is -0.673. The lowest BCUT2D eigenvalue weighted by Crippen LogP contribution is -2.51. The van der Waals surface area contributed by atoms with Crippen molar-refractivity contribution >= 4 is 16.6 Å². The van der Waals surface area contributed by atoms with Crippen LogP contribution in [0.4, 0.5) is 14.5 Å². The van der Waals surface area contributed by atoms with Crippen LogP contribution in [0, 0.1) is 23.0 Å². The molecule has 0 bridgehead atoms. The van der Waals surface area contributed by atoms with Crippen LogP contribution < -0.4 is 15.4 Å². The molecule has 2 heterocycles. The number of rotatable bonds is 7. The summed E-state index contributed by atoms with van der Waals surface area (Å²) in [6, 6.07) is 16.6. The Bertz CT molecular complexity index is 1540. The molecule has 0 unspecified atom stereocenters. The number of nitriles is 1. The van der Waals surface area contributed by atoms with Crippen LogP contribution in [0.15, 0.2) is 60.8 Å². The molecule has 7 nitrogen and oxygen atoms in total. The van der Waals surface area contributed by atoms with Crippen molar-refractivity contribution < 1.29 is 23.0 Å². The number of nitrogens with two attached hydrogens (primary N) is 1. The lowest BCUT2D eigenvalue weighted by atomic mass is 9.94. The first-order valence-electron chi connectivity index (χ1n) is 12.5. The zero-order chi connectivity index (χ0) is 27.5. The lowest BCUT2D eigenvalue weighted by Gasteiger charge is -2.38. The van der Waals surface area contributed by atoms with Crippen molar-refractivity contribution in [3.63, 3.8) is 0 Å². The van der Waals surface area contributed by atoms with Crippen molar-refractivity contribution in [2.45, 2.75) is 18.6 Å². The molecule has 5 rings (SSSR count). The zero-order valence-corrected chi connectivity index (χ0v) is 21.7. The van der Waals surface area contributed by atoms with Gasteiger partial charge in [0.15, 0.2) is 6.79 Å². The monoisotopic (exact) mass is 530 g/mol. The van der Waals surface area contributed by atoms with Gasteiger partial charge in [-0.3, -0.25) is 4.98 Å². The summed E-state index contributed by atoms with van der Waals surface area (Å²) in [5, 5.41) is 10.5. The maximum Gasteiger partial charge on any atom is 0.188 e. The van der Waals surface area contributed by atoms with Crippen molar-refractivity contribution in [1.29, 1.82) is 5.26 Å². The molecule has 0 amide bonds. The van der Waals surface area contributed by atoms with Crippen molar-refractivity contribution in [3.05, 3.63) is 78.0 Å². The molecule has 0 saturated carbocycles. The average Bonchev–Trinajstić information content (AvgIpc) is 2.94. The number of methoxy groups -OCH3 is 2. The number of hydrogen-bond acceptors (Lipinski definition) is 7. The van der Waals surface area contributed by atoms with E-state index in [2.05, 4.69) is 16.0 Å². The summed E-state index contributed by atoms with van der Waals surface area (Å²) in [6.45, 7) is 1.10. The van der Waals surface area contributed by atoms with Crippen molar-refractivity contribution in [1.82, 2.24) is 4.98 Å². The maximum absolute atomic E-state index is 14.3. The van der Waals surface area contributed by atoms with Crippen LogP contribution >= 0.6 is 0 Å². The van der Waals surface area contributed by atoms with E-state index in [0.717, 1.165) is 22.7 Å². The second-order valence-electron chi connectivity index (χ2n) is 9.43. The van der Waals surface area contributed by atoms with Crippen LogP contribution in [0.1, 0.15) is 12.0 Å². The van der Waals surface area contributed by atoms with Gasteiger partial charge in [-0.2, -0.15) is 5.26 Å². The van der Waals surface area contributed by atoms with Gasteiger partial charge >= 0.3 is 0 Å². The summed E-state index contributed by atoms with van der Waals surface area (Å²) in [7, 11) is 3.14. The van der Waals surface area contributed by atoms with Gasteiger partial charge in [0.1, 0.15) is 23.5 Å². The topological polar surface area (TPSA) is 93.6 Å². The quantitative estimate of drug-likeness (QED) is 0.326. The molecule has 1 aromatic heterocycles. The predicted octanol–water partition coefficient (Wildman–Crippen LogP) is 5.25. The minimum absolute atomic E-state index is 0.0200. The molecule has 9 heteroatoms. The van der Waals surface area contributed by atoms with Crippen LogP contribution in [0.2, 0.25) is 0 Å². The molecular formula is C30H28F2N4O3. The number of anilines is 1. The summed E-state index contributed by atoms with van der Waals surface area (Å²) in [5.41, 5.74) is 10.6. The minimum Gasteiger partial charge on any atom is -0.466 e. The van der Waals surface area contributed by atoms with Gasteiger partial charge in [0, 0.05) is 62.1 Å². The highest BCUT2D eigenvalue weighted by Crippen LogP contribution is 2.41. The number of ether oxygens (including phenoxy) is 3. The molecule has 0 spiro atoms. The van der Waals surface area contributed by atoms with E-state index in [1.165, 1.54) is 19.2 Å². The van der Waals surface area contributed by atoms with E-state index >= 15 is 0 Å². The fourth-order valence-electron chi connectivity index (χ4n) is 5.12. The van der Waals surface area contributed by atoms with Gasteiger partial charge in [-0.25, -0.2) is 8.78 Å². The number of pyridine rings is 1. The van der Waals surface area contributed by atoms with Crippen molar-refractivity contribution in [3.8, 4) is 34.1 Å². The number of benzene rings is 3. The highest BCUT2D eigenvalue weighted by Gasteiger charge is 2.29. The number of para-hydroxylation sites is 1. The van der Waals surface area contributed by atoms with Gasteiger partial charge in [0.2, 0.25) is 0 Å². The highest BCUT2D eigenvalue weighted by atomic mass is 19.1. The zero-order valence-electron chi connectivity index (χ0n) is 21.7. The standard InChI is InChI=1S/C30H28F2N4O3/c1-37-17-39-30-19(14-33)4-3-5-23(30)18-6-7-27-24(12-18)29(36-9-8-26(34)28(16-36)38-2)25(15-35-27)20-10-21(31)13-22(32)11-20/h3-7,10-13,15,26,28H,8-9,16-17,34H2,1-2H3/t26-,28-/m1/s1. The van der Waals surface area contributed by atoms with Gasteiger partial charge in [0.05, 0.1) is 22.9 Å². The molecular weight excluding hydrogens is 502 g/mol. The Morgan fingerprint density at radius 2 is 1.85 bits per heavy atom. The fourth-order valence-corrected chi connectivity index (χ4v) is 5.12. The van der Waals surface area contributed by atoms with Crippen LogP contribution in [0.25, 0.3) is 33.2 Å². The highest BCUT2D eigenvalue weighted by molar-refractivity contribution is 6.02. The molecule has 3 aromatic carbocycles. The number of aromatic nitrogens is 1. The van der Waals surface area contributed by atoms with Gasteiger partial charge < -0.3 is 24.8 Å². The second-order valence-corrected chi connectivity index (χ2v) is 9.43. The van der Waals surface area contributed by atoms with Crippen LogP contribution in [-0.2, 0) is 9.47 Å². The largest absolute Gasteiger partial charge is 0.466 e. The molecule has 0 radical (unpaired) electrons. The van der Waals surface area contributed by atoms with Crippen molar-refractivity contribution in [2.75, 3.05) is 39.0 Å². The number of nitrogens with zero attached hydrogens (tertiary/aromatic N) is 3. The average molecular weight is 531 g/mol. The number of hydrogen-bond donors (Lipinski definition) is 1. The smallest absolute Gasteiger partial charge is 0.188 e. The Hall–Kier alpha value is -4.10. The summed E-state index contributed by atoms with van der Waals surface area (Å²) in [4.78, 5) is 6.77. The molecule has 2 N–H and O–H groups in total. The Labute approximate surface area is 225 Å². The second kappa shape index (κ2) is 11.3. The fraction of sp³-hybridized carbons (Fsp3) is 0.267. The molecule has 1 fully saturated rings. The molecule has 1 aliphatic heterocycles. The van der Waals surface area contributed by atoms with E-state index in [1.54, 1.807) is 25.4 Å². The maximum atomic E-state index is 14.3. The summed E-state index contributed by atoms with van der Waals surface area (Å²) < 4.78 is 45.2. The van der Waals surface area contributed by atoms with E-state index in [1.807, 2.05) is 24.3 Å². The van der Waals surface area contributed by atoms with Crippen LogP contribution in [0.5, 0.6) is 5.75 Å². The van der Waals surface area contributed by atoms with Gasteiger partial charge in [-0.15, -0.1) is 0 Å². The van der Waals surface area contributed by atoms with Gasteiger partial charge in [0.25, 0.3) is 0 Å². The summed E-state index contributed by atoms with van der Waals surface area (Å²) in [5.74, 6) is -0.940. The Morgan fingerprint density at radius 3 is 2.56 bits per heavy atom. The third-order valence-electron chi connectivity index (χ3n) is 7.01. The molecule has 1 saturated heterocycles. The molecule has 4 aromatic rings. The third kappa shape index (κ3) is 5.27. The van der Waals surface area contributed by atoms with Crippen LogP contribution in [0.3, 0.4) is 0 Å². The van der Waals surface area contributed by atoms with Gasteiger partial charge in [-0.1, -0.05) is 18.2 Å². The predicted molar refractivity (Wildman–Crippen MR) is 145 cm³/mol. The van der Waals surface area contributed by atoms with E-state index in [9.17, 15) is 14.0 Å². The first-order valence-corrected chi connectivity index (χ1v) is 12.5. The number of piperidine rings is 1. The molecule has 0 aliphatic carbocycles. The number of halogens is 2. The first kappa shape index (κ1) is 26.5. The van der Waals surface area contributed by atoms with Crippen LogP contribution in [-0.4, -0.2) is 51.2 Å². The van der Waals surface area contributed by atoms with Crippen molar-refractivity contribution in [2.24, 2.45) is 5.73 Å². The Morgan fingerprint density at radius 1 is 1.05 bits per heavy atom. The summed E-state index contributed by atoms with van der Waals surface area (Å²) in [6.07, 6.45) is 2.10. The van der Waals surface area contributed by atoms with E-state index < -0.39 is 11.6 Å². The first-order chi connectivity index (χ1) is 18.9. The van der Waals surface area contributed by atoms with E-state index in [4.69, 9.17) is 19.9 Å². The molecule has 1 aliphatic rings. The number of fused-ring (bicyclic) bond motifs is 1. The Kier molecular flexibility index (Phi) is 7.70. The van der Waals surface area contributed by atoms with E-state index in [-0.39, 0.29) is 18.9 Å². The third-order valence-corrected chi connectivity index (χ3v) is 7.01. The van der Waals surface area contributed by atoms with Gasteiger partial charge in [-0.05, 0) is 47.9 Å². The normalized spacial score (nSPS) is 17.3.